The molecular weight excluding hydrogens is 330 g/mol. The Hall–Kier alpha value is -1.09. The van der Waals surface area contributed by atoms with Crippen LogP contribution >= 0.6 is 12.4 Å². The van der Waals surface area contributed by atoms with Crippen LogP contribution in [0.3, 0.4) is 0 Å². The lowest BCUT2D eigenvalue weighted by molar-refractivity contribution is 0.0955. The molecule has 0 atom stereocenters. The van der Waals surface area contributed by atoms with Gasteiger partial charge >= 0.3 is 0 Å². The van der Waals surface area contributed by atoms with Crippen molar-refractivity contribution in [1.82, 2.24) is 10.0 Å². The van der Waals surface area contributed by atoms with E-state index in [4.69, 9.17) is 10.2 Å². The predicted octanol–water partition coefficient (Wildman–Crippen LogP) is 0.609. The van der Waals surface area contributed by atoms with Gasteiger partial charge in [0.2, 0.25) is 10.0 Å². The first-order valence-electron chi connectivity index (χ1n) is 7.03. The lowest BCUT2D eigenvalue weighted by Crippen LogP contribution is -2.37. The number of halogens is 1. The van der Waals surface area contributed by atoms with Crippen LogP contribution in [0, 0.1) is 5.92 Å². The van der Waals surface area contributed by atoms with E-state index in [0.717, 1.165) is 12.8 Å². The zero-order chi connectivity index (χ0) is 15.3. The number of nitrogens with two attached hydrogens (primary N) is 1. The Bertz CT molecular complexity index is 584. The summed E-state index contributed by atoms with van der Waals surface area (Å²) in [6.45, 7) is 0.770. The van der Waals surface area contributed by atoms with E-state index in [2.05, 4.69) is 10.0 Å². The molecule has 1 amide bonds. The zero-order valence-corrected chi connectivity index (χ0v) is 13.8. The minimum atomic E-state index is -3.34. The smallest absolute Gasteiger partial charge is 0.254 e. The Kier molecular flexibility index (Phi) is 7.34. The van der Waals surface area contributed by atoms with Gasteiger partial charge in [0, 0.05) is 13.1 Å². The van der Waals surface area contributed by atoms with Crippen LogP contribution in [-0.2, 0) is 16.6 Å². The van der Waals surface area contributed by atoms with Gasteiger partial charge in [-0.15, -0.1) is 12.4 Å². The quantitative estimate of drug-likeness (QED) is 0.634. The minimum Gasteiger partial charge on any atom is -0.467 e. The molecule has 1 heterocycles. The van der Waals surface area contributed by atoms with Gasteiger partial charge in [0.15, 0.2) is 0 Å². The van der Waals surface area contributed by atoms with Crippen LogP contribution in [0.2, 0.25) is 0 Å². The van der Waals surface area contributed by atoms with Crippen molar-refractivity contribution in [3.05, 3.63) is 23.7 Å². The Morgan fingerprint density at radius 1 is 1.41 bits per heavy atom. The molecule has 126 valence electrons. The van der Waals surface area contributed by atoms with Gasteiger partial charge in [-0.1, -0.05) is 6.42 Å². The molecule has 1 aliphatic rings. The topological polar surface area (TPSA) is 114 Å². The van der Waals surface area contributed by atoms with E-state index in [9.17, 15) is 13.2 Å². The number of furan rings is 1. The Morgan fingerprint density at radius 3 is 2.68 bits per heavy atom. The van der Waals surface area contributed by atoms with E-state index in [1.807, 2.05) is 0 Å². The summed E-state index contributed by atoms with van der Waals surface area (Å²) in [7, 11) is -3.34. The number of carbonyl (C=O) groups is 1. The van der Waals surface area contributed by atoms with Crippen molar-refractivity contribution in [2.24, 2.45) is 11.7 Å². The average Bonchev–Trinajstić information content (AvgIpc) is 2.85. The molecule has 0 radical (unpaired) electrons. The van der Waals surface area contributed by atoms with Crippen molar-refractivity contribution in [3.8, 4) is 0 Å². The standard InChI is InChI=1S/C13H21N3O4S.ClH/c14-7-12-6-11(9-20-12)13(17)15-4-5-21(18,19)16-8-10-2-1-3-10;/h6,9-10,16H,1-5,7-8,14H2,(H,15,17);1H. The van der Waals surface area contributed by atoms with E-state index in [0.29, 0.717) is 23.8 Å². The fraction of sp³-hybridized carbons (Fsp3) is 0.615. The minimum absolute atomic E-state index is 0. The summed E-state index contributed by atoms with van der Waals surface area (Å²) in [4.78, 5) is 11.8. The molecule has 1 aliphatic carbocycles. The lowest BCUT2D eigenvalue weighted by atomic mass is 9.86. The lowest BCUT2D eigenvalue weighted by Gasteiger charge is -2.25. The first kappa shape index (κ1) is 19.0. The molecule has 7 nitrogen and oxygen atoms in total. The van der Waals surface area contributed by atoms with Gasteiger partial charge in [-0.2, -0.15) is 0 Å². The molecule has 9 heteroatoms. The van der Waals surface area contributed by atoms with Crippen molar-refractivity contribution in [2.75, 3.05) is 18.8 Å². The summed E-state index contributed by atoms with van der Waals surface area (Å²) in [5.74, 6) is 0.477. The molecule has 1 aromatic heterocycles. The Balaban J connectivity index is 0.00000242. The van der Waals surface area contributed by atoms with Gasteiger partial charge in [0.1, 0.15) is 12.0 Å². The van der Waals surface area contributed by atoms with Gasteiger partial charge in [-0.25, -0.2) is 13.1 Å². The normalized spacial score (nSPS) is 15.0. The van der Waals surface area contributed by atoms with Gasteiger partial charge in [-0.05, 0) is 24.8 Å². The molecule has 0 saturated heterocycles. The highest BCUT2D eigenvalue weighted by Gasteiger charge is 2.20. The molecule has 4 N–H and O–H groups in total. The maximum Gasteiger partial charge on any atom is 0.254 e. The van der Waals surface area contributed by atoms with E-state index in [1.54, 1.807) is 6.07 Å². The van der Waals surface area contributed by atoms with Crippen molar-refractivity contribution in [3.63, 3.8) is 0 Å². The highest BCUT2D eigenvalue weighted by atomic mass is 35.5. The van der Waals surface area contributed by atoms with Crippen LogP contribution in [0.1, 0.15) is 35.4 Å². The number of nitrogens with one attached hydrogen (secondary N) is 2. The zero-order valence-electron chi connectivity index (χ0n) is 12.2. The monoisotopic (exact) mass is 351 g/mol. The van der Waals surface area contributed by atoms with Crippen molar-refractivity contribution >= 4 is 28.3 Å². The average molecular weight is 352 g/mol. The highest BCUT2D eigenvalue weighted by Crippen LogP contribution is 2.25. The molecule has 0 aliphatic heterocycles. The second-order valence-corrected chi connectivity index (χ2v) is 7.15. The van der Waals surface area contributed by atoms with Crippen LogP contribution in [-0.4, -0.2) is 33.2 Å². The molecule has 1 fully saturated rings. The molecule has 0 unspecified atom stereocenters. The molecule has 0 aromatic carbocycles. The second kappa shape index (κ2) is 8.52. The fourth-order valence-corrected chi connectivity index (χ4v) is 3.03. The molecule has 22 heavy (non-hydrogen) atoms. The predicted molar refractivity (Wildman–Crippen MR) is 85.3 cm³/mol. The molecule has 1 aromatic rings. The SMILES string of the molecule is Cl.NCc1cc(C(=O)NCCS(=O)(=O)NCC2CCC2)co1. The van der Waals surface area contributed by atoms with E-state index >= 15 is 0 Å². The van der Waals surface area contributed by atoms with Crippen LogP contribution < -0.4 is 15.8 Å². The van der Waals surface area contributed by atoms with Crippen molar-refractivity contribution < 1.29 is 17.6 Å². The number of amides is 1. The second-order valence-electron chi connectivity index (χ2n) is 5.23. The summed E-state index contributed by atoms with van der Waals surface area (Å²) in [6.07, 6.45) is 4.66. The molecule has 0 bridgehead atoms. The van der Waals surface area contributed by atoms with Crippen LogP contribution in [0.25, 0.3) is 0 Å². The van der Waals surface area contributed by atoms with E-state index in [-0.39, 0.29) is 37.2 Å². The number of hydrogen-bond donors (Lipinski definition) is 3. The molecule has 0 spiro atoms. The third kappa shape index (κ3) is 5.60. The number of rotatable bonds is 8. The van der Waals surface area contributed by atoms with Crippen LogP contribution in [0.5, 0.6) is 0 Å². The summed E-state index contributed by atoms with van der Waals surface area (Å²) < 4.78 is 31.1. The van der Waals surface area contributed by atoms with Gasteiger partial charge in [0.05, 0.1) is 17.9 Å². The summed E-state index contributed by atoms with van der Waals surface area (Å²) in [5, 5.41) is 2.55. The Labute approximate surface area is 136 Å². The van der Waals surface area contributed by atoms with E-state index < -0.39 is 10.0 Å². The first-order valence-corrected chi connectivity index (χ1v) is 8.68. The summed E-state index contributed by atoms with van der Waals surface area (Å²) >= 11 is 0. The number of carbonyl (C=O) groups excluding carboxylic acids is 1. The fourth-order valence-electron chi connectivity index (χ4n) is 2.02. The van der Waals surface area contributed by atoms with Gasteiger partial charge < -0.3 is 15.5 Å². The summed E-state index contributed by atoms with van der Waals surface area (Å²) in [5.41, 5.74) is 5.72. The number of sulfonamides is 1. The third-order valence-corrected chi connectivity index (χ3v) is 4.94. The maximum absolute atomic E-state index is 11.8. The van der Waals surface area contributed by atoms with E-state index in [1.165, 1.54) is 12.7 Å². The number of hydrogen-bond acceptors (Lipinski definition) is 5. The van der Waals surface area contributed by atoms with Crippen molar-refractivity contribution in [2.45, 2.75) is 25.8 Å². The van der Waals surface area contributed by atoms with Crippen LogP contribution in [0.15, 0.2) is 16.7 Å². The third-order valence-electron chi connectivity index (χ3n) is 3.59. The highest BCUT2D eigenvalue weighted by molar-refractivity contribution is 7.89. The molecular formula is C13H22ClN3O4S. The van der Waals surface area contributed by atoms with Crippen molar-refractivity contribution in [1.29, 1.82) is 0 Å². The first-order chi connectivity index (χ1) is 10.00. The molecule has 1 saturated carbocycles. The maximum atomic E-state index is 11.8. The largest absolute Gasteiger partial charge is 0.467 e. The van der Waals surface area contributed by atoms with Gasteiger partial charge in [0.25, 0.3) is 5.91 Å². The Morgan fingerprint density at radius 2 is 2.14 bits per heavy atom. The van der Waals surface area contributed by atoms with Crippen LogP contribution in [0.4, 0.5) is 0 Å². The van der Waals surface area contributed by atoms with Gasteiger partial charge in [-0.3, -0.25) is 4.79 Å². The molecule has 2 rings (SSSR count). The summed E-state index contributed by atoms with van der Waals surface area (Å²) in [6, 6.07) is 1.54.